The van der Waals surface area contributed by atoms with Crippen molar-refractivity contribution in [2.75, 3.05) is 13.2 Å². The third-order valence-electron chi connectivity index (χ3n) is 5.34. The van der Waals surface area contributed by atoms with Crippen molar-refractivity contribution in [1.82, 2.24) is 16.0 Å². The molecule has 2 fully saturated rings. The molecular formula is C21H28N4O7. The summed E-state index contributed by atoms with van der Waals surface area (Å²) in [6.45, 7) is 0.992. The lowest BCUT2D eigenvalue weighted by Crippen LogP contribution is -2.30. The Morgan fingerprint density at radius 3 is 2.62 bits per heavy atom. The molecule has 0 spiro atoms. The lowest BCUT2D eigenvalue weighted by molar-refractivity contribution is -0.385. The highest BCUT2D eigenvalue weighted by Gasteiger charge is 2.24. The van der Waals surface area contributed by atoms with Crippen LogP contribution in [0, 0.1) is 16.0 Å². The van der Waals surface area contributed by atoms with Gasteiger partial charge >= 0.3 is 6.03 Å². The summed E-state index contributed by atoms with van der Waals surface area (Å²) >= 11 is 0. The van der Waals surface area contributed by atoms with Crippen molar-refractivity contribution in [3.05, 3.63) is 39.6 Å². The predicted molar refractivity (Wildman–Crippen MR) is 116 cm³/mol. The van der Waals surface area contributed by atoms with Crippen LogP contribution in [-0.2, 0) is 9.59 Å². The number of urea groups is 1. The van der Waals surface area contributed by atoms with E-state index in [9.17, 15) is 24.5 Å². The third kappa shape index (κ3) is 7.05. The molecule has 0 aromatic heterocycles. The summed E-state index contributed by atoms with van der Waals surface area (Å²) in [6.07, 6.45) is 8.17. The van der Waals surface area contributed by atoms with Gasteiger partial charge in [-0.25, -0.2) is 4.79 Å². The number of nitro groups is 1. The van der Waals surface area contributed by atoms with Crippen molar-refractivity contribution in [2.24, 2.45) is 5.92 Å². The Morgan fingerprint density at radius 1 is 1.22 bits per heavy atom. The molecule has 0 atom stereocenters. The summed E-state index contributed by atoms with van der Waals surface area (Å²) in [5, 5.41) is 18.6. The molecule has 1 aromatic rings. The molecule has 11 nitrogen and oxygen atoms in total. The minimum Gasteiger partial charge on any atom is -0.494 e. The van der Waals surface area contributed by atoms with Gasteiger partial charge in [0.25, 0.3) is 11.6 Å². The molecule has 1 heterocycles. The van der Waals surface area contributed by atoms with E-state index in [0.717, 1.165) is 6.54 Å². The maximum atomic E-state index is 12.0. The minimum atomic E-state index is -0.687. The molecular weight excluding hydrogens is 420 g/mol. The van der Waals surface area contributed by atoms with Gasteiger partial charge in [-0.2, -0.15) is 0 Å². The molecule has 0 radical (unpaired) electrons. The maximum absolute atomic E-state index is 12.0. The summed E-state index contributed by atoms with van der Waals surface area (Å²) in [4.78, 5) is 45.6. The fraction of sp³-hybridized carbons (Fsp3) is 0.476. The Bertz CT molecular complexity index is 894. The smallest absolute Gasteiger partial charge is 0.326 e. The van der Waals surface area contributed by atoms with E-state index in [1.54, 1.807) is 0 Å². The largest absolute Gasteiger partial charge is 0.494 e. The second kappa shape index (κ2) is 11.8. The first-order valence-electron chi connectivity index (χ1n) is 10.4. The van der Waals surface area contributed by atoms with Gasteiger partial charge in [0.15, 0.2) is 0 Å². The van der Waals surface area contributed by atoms with E-state index in [0.29, 0.717) is 24.5 Å². The second-order valence-corrected chi connectivity index (χ2v) is 7.70. The van der Waals surface area contributed by atoms with Gasteiger partial charge in [0.1, 0.15) is 11.4 Å². The Kier molecular flexibility index (Phi) is 9.14. The van der Waals surface area contributed by atoms with Crippen LogP contribution in [0.25, 0.3) is 6.08 Å². The van der Waals surface area contributed by atoms with Gasteiger partial charge < -0.3 is 20.8 Å². The highest BCUT2D eigenvalue weighted by Crippen LogP contribution is 2.27. The molecule has 4 amide bonds. The average Bonchev–Trinajstić information content (AvgIpc) is 3.07. The average molecular weight is 448 g/mol. The monoisotopic (exact) mass is 448 g/mol. The lowest BCUT2D eigenvalue weighted by atomic mass is 9.89. The fourth-order valence-corrected chi connectivity index (χ4v) is 3.70. The van der Waals surface area contributed by atoms with Crippen LogP contribution in [0.5, 0.6) is 5.75 Å². The maximum Gasteiger partial charge on any atom is 0.326 e. The number of benzene rings is 1. The number of ether oxygens (including phenoxy) is 1. The van der Waals surface area contributed by atoms with Crippen LogP contribution in [0.1, 0.15) is 50.5 Å². The van der Waals surface area contributed by atoms with E-state index < -0.39 is 16.9 Å². The number of rotatable bonds is 9. The van der Waals surface area contributed by atoms with Crippen molar-refractivity contribution in [3.63, 3.8) is 0 Å². The Labute approximate surface area is 185 Å². The van der Waals surface area contributed by atoms with E-state index in [1.165, 1.54) is 56.4 Å². The summed E-state index contributed by atoms with van der Waals surface area (Å²) in [6, 6.07) is 3.46. The van der Waals surface area contributed by atoms with Crippen molar-refractivity contribution >= 4 is 29.6 Å². The van der Waals surface area contributed by atoms with E-state index in [1.807, 2.05) is 5.32 Å². The summed E-state index contributed by atoms with van der Waals surface area (Å²) < 4.78 is 5.62. The molecule has 11 heteroatoms. The van der Waals surface area contributed by atoms with Crippen LogP contribution < -0.4 is 20.7 Å². The molecule has 174 valence electrons. The number of amides is 4. The molecule has 0 bridgehead atoms. The summed E-state index contributed by atoms with van der Waals surface area (Å²) in [5.41, 5.74) is -0.184. The summed E-state index contributed by atoms with van der Waals surface area (Å²) in [7, 11) is 0. The SMILES string of the molecule is O.O=C(CCCOc1ccc([N+](=O)[O-])c(C=C2NC(=O)NC2=O)c1)NCC1CCCCC1. The zero-order chi connectivity index (χ0) is 22.2. The van der Waals surface area contributed by atoms with Crippen LogP contribution in [0.15, 0.2) is 23.9 Å². The van der Waals surface area contributed by atoms with Gasteiger partial charge in [0, 0.05) is 19.0 Å². The second-order valence-electron chi connectivity index (χ2n) is 7.70. The number of nitrogens with one attached hydrogen (secondary N) is 3. The molecule has 1 aromatic carbocycles. The van der Waals surface area contributed by atoms with Crippen molar-refractivity contribution in [1.29, 1.82) is 0 Å². The zero-order valence-electron chi connectivity index (χ0n) is 17.6. The first kappa shape index (κ1) is 24.8. The highest BCUT2D eigenvalue weighted by molar-refractivity contribution is 6.14. The predicted octanol–water partition coefficient (Wildman–Crippen LogP) is 1.81. The van der Waals surface area contributed by atoms with Crippen molar-refractivity contribution in [3.8, 4) is 5.75 Å². The number of hydrogen-bond acceptors (Lipinski definition) is 6. The van der Waals surface area contributed by atoms with Crippen molar-refractivity contribution < 1.29 is 29.5 Å². The van der Waals surface area contributed by atoms with E-state index in [-0.39, 0.29) is 34.9 Å². The highest BCUT2D eigenvalue weighted by atomic mass is 16.6. The lowest BCUT2D eigenvalue weighted by Gasteiger charge is -2.21. The molecule has 3 rings (SSSR count). The molecule has 1 saturated heterocycles. The first-order chi connectivity index (χ1) is 14.9. The van der Waals surface area contributed by atoms with Gasteiger partial charge in [-0.1, -0.05) is 19.3 Å². The Hall–Kier alpha value is -3.47. The first-order valence-corrected chi connectivity index (χ1v) is 10.4. The van der Waals surface area contributed by atoms with Gasteiger partial charge in [-0.3, -0.25) is 25.0 Å². The summed E-state index contributed by atoms with van der Waals surface area (Å²) in [5.74, 6) is 0.272. The van der Waals surface area contributed by atoms with Crippen LogP contribution in [0.4, 0.5) is 10.5 Å². The van der Waals surface area contributed by atoms with Gasteiger partial charge in [-0.05, 0) is 43.4 Å². The number of carbonyl (C=O) groups excluding carboxylic acids is 3. The number of hydrogen-bond donors (Lipinski definition) is 3. The molecule has 1 saturated carbocycles. The normalized spacial score (nSPS) is 17.3. The van der Waals surface area contributed by atoms with Crippen LogP contribution >= 0.6 is 0 Å². The van der Waals surface area contributed by atoms with Gasteiger partial charge in [-0.15, -0.1) is 0 Å². The van der Waals surface area contributed by atoms with E-state index in [2.05, 4.69) is 10.6 Å². The fourth-order valence-electron chi connectivity index (χ4n) is 3.70. The Balaban J connectivity index is 0.00000363. The van der Waals surface area contributed by atoms with Gasteiger partial charge in [0.2, 0.25) is 5.91 Å². The quantitative estimate of drug-likeness (QED) is 0.171. The standard InChI is InChI=1S/C21H26N4O6.H2O/c26-19(22-13-14-5-2-1-3-6-14)7-4-10-31-16-8-9-18(25(29)30)15(11-16)12-17-20(27)24-21(28)23-17;/h8-9,11-12,14H,1-7,10,13H2,(H,22,26)(H2,23,24,27,28);1H2. The van der Waals surface area contributed by atoms with Crippen LogP contribution in [0.2, 0.25) is 0 Å². The third-order valence-corrected chi connectivity index (χ3v) is 5.34. The number of imide groups is 1. The molecule has 0 unspecified atom stereocenters. The Morgan fingerprint density at radius 2 is 1.97 bits per heavy atom. The van der Waals surface area contributed by atoms with E-state index in [4.69, 9.17) is 4.74 Å². The van der Waals surface area contributed by atoms with Crippen molar-refractivity contribution in [2.45, 2.75) is 44.9 Å². The molecule has 5 N–H and O–H groups in total. The minimum absolute atomic E-state index is 0. The number of carbonyl (C=O) groups is 3. The molecule has 2 aliphatic rings. The molecule has 32 heavy (non-hydrogen) atoms. The topological polar surface area (TPSA) is 171 Å². The van der Waals surface area contributed by atoms with Gasteiger partial charge in [0.05, 0.1) is 17.1 Å². The zero-order valence-corrected chi connectivity index (χ0v) is 17.6. The van der Waals surface area contributed by atoms with Crippen LogP contribution in [-0.4, -0.2) is 41.4 Å². The molecule has 1 aliphatic heterocycles. The van der Waals surface area contributed by atoms with Crippen LogP contribution in [0.3, 0.4) is 0 Å². The number of nitrogens with zero attached hydrogens (tertiary/aromatic N) is 1. The molecule has 1 aliphatic carbocycles. The number of nitro benzene ring substituents is 1. The van der Waals surface area contributed by atoms with E-state index >= 15 is 0 Å².